The fourth-order valence-electron chi connectivity index (χ4n) is 3.33. The van der Waals surface area contributed by atoms with E-state index in [2.05, 4.69) is 34.8 Å². The van der Waals surface area contributed by atoms with E-state index in [4.69, 9.17) is 0 Å². The van der Waals surface area contributed by atoms with Crippen LogP contribution >= 0.6 is 0 Å². The minimum absolute atomic E-state index is 0.0365. The van der Waals surface area contributed by atoms with Crippen molar-refractivity contribution in [3.63, 3.8) is 0 Å². The van der Waals surface area contributed by atoms with E-state index in [9.17, 15) is 9.90 Å². The van der Waals surface area contributed by atoms with Crippen LogP contribution in [-0.2, 0) is 0 Å². The molecule has 1 heterocycles. The highest BCUT2D eigenvalue weighted by Crippen LogP contribution is 2.25. The Morgan fingerprint density at radius 3 is 2.68 bits per heavy atom. The van der Waals surface area contributed by atoms with Gasteiger partial charge in [0.25, 0.3) is 5.91 Å². The van der Waals surface area contributed by atoms with Crippen LogP contribution in [0.2, 0.25) is 0 Å². The van der Waals surface area contributed by atoms with Crippen LogP contribution in [0.4, 0.5) is 0 Å². The van der Waals surface area contributed by atoms with E-state index in [-0.39, 0.29) is 17.9 Å². The lowest BCUT2D eigenvalue weighted by molar-refractivity contribution is 0.0771. The first kappa shape index (κ1) is 20.1. The molecule has 3 rings (SSSR count). The molecule has 1 aliphatic heterocycles. The molecule has 2 atom stereocenters. The molecule has 3 N–H and O–H groups in total. The summed E-state index contributed by atoms with van der Waals surface area (Å²) >= 11 is 0. The topological polar surface area (TPSA) is 64.6 Å². The minimum Gasteiger partial charge on any atom is -0.378 e. The standard InChI is InChI=1S/C23H27N3O2/c1-23(2,28)13-12-17-8-7-11-19(14-17)22(27)26(3)16-20-15-24-25-21(20)18-9-5-4-6-10-18/h4-11,14,20-21,24-25,28H,15-16H2,1-3H3. The predicted molar refractivity (Wildman–Crippen MR) is 110 cm³/mol. The highest BCUT2D eigenvalue weighted by atomic mass is 16.3. The first-order valence-corrected chi connectivity index (χ1v) is 9.48. The molecule has 0 aromatic heterocycles. The zero-order chi connectivity index (χ0) is 20.1. The summed E-state index contributed by atoms with van der Waals surface area (Å²) in [4.78, 5) is 14.7. The van der Waals surface area contributed by atoms with Crippen LogP contribution in [0.1, 0.15) is 41.4 Å². The van der Waals surface area contributed by atoms with Crippen LogP contribution in [0.25, 0.3) is 0 Å². The van der Waals surface area contributed by atoms with Crippen molar-refractivity contribution in [1.82, 2.24) is 15.8 Å². The molecular formula is C23H27N3O2. The van der Waals surface area contributed by atoms with Gasteiger partial charge in [-0.3, -0.25) is 10.2 Å². The van der Waals surface area contributed by atoms with Crippen LogP contribution in [0.3, 0.4) is 0 Å². The van der Waals surface area contributed by atoms with Gasteiger partial charge in [0.05, 0.1) is 6.04 Å². The number of carbonyl (C=O) groups is 1. The van der Waals surface area contributed by atoms with Crippen molar-refractivity contribution < 1.29 is 9.90 Å². The summed E-state index contributed by atoms with van der Waals surface area (Å²) in [5, 5.41) is 9.76. The molecular weight excluding hydrogens is 350 g/mol. The molecule has 0 radical (unpaired) electrons. The van der Waals surface area contributed by atoms with Gasteiger partial charge in [-0.25, -0.2) is 5.43 Å². The number of hydrazine groups is 1. The zero-order valence-corrected chi connectivity index (χ0v) is 16.6. The van der Waals surface area contributed by atoms with Gasteiger partial charge in [0.2, 0.25) is 0 Å². The van der Waals surface area contributed by atoms with E-state index >= 15 is 0 Å². The Bertz CT molecular complexity index is 878. The van der Waals surface area contributed by atoms with Gasteiger partial charge in [0.1, 0.15) is 5.60 Å². The summed E-state index contributed by atoms with van der Waals surface area (Å²) in [6, 6.07) is 17.7. The lowest BCUT2D eigenvalue weighted by Gasteiger charge is -2.25. The monoisotopic (exact) mass is 377 g/mol. The quantitative estimate of drug-likeness (QED) is 0.716. The number of nitrogens with one attached hydrogen (secondary N) is 2. The van der Waals surface area contributed by atoms with Gasteiger partial charge in [-0.1, -0.05) is 48.2 Å². The maximum atomic E-state index is 12.9. The third-order valence-corrected chi connectivity index (χ3v) is 4.73. The van der Waals surface area contributed by atoms with Gasteiger partial charge in [-0.05, 0) is 37.6 Å². The summed E-state index contributed by atoms with van der Waals surface area (Å²) in [7, 11) is 1.83. The molecule has 0 spiro atoms. The fourth-order valence-corrected chi connectivity index (χ4v) is 3.33. The molecule has 28 heavy (non-hydrogen) atoms. The molecule has 0 bridgehead atoms. The normalized spacial score (nSPS) is 19.0. The number of nitrogens with zero attached hydrogens (tertiary/aromatic N) is 1. The number of hydrogen-bond acceptors (Lipinski definition) is 4. The molecule has 1 fully saturated rings. The van der Waals surface area contributed by atoms with E-state index < -0.39 is 5.60 Å². The Labute approximate surface area is 166 Å². The number of aliphatic hydroxyl groups is 1. The summed E-state index contributed by atoms with van der Waals surface area (Å²) < 4.78 is 0. The average Bonchev–Trinajstić information content (AvgIpc) is 3.14. The number of benzene rings is 2. The summed E-state index contributed by atoms with van der Waals surface area (Å²) in [6.07, 6.45) is 0. The van der Waals surface area contributed by atoms with Crippen molar-refractivity contribution in [3.05, 3.63) is 71.3 Å². The maximum absolute atomic E-state index is 12.9. The van der Waals surface area contributed by atoms with Gasteiger partial charge < -0.3 is 10.0 Å². The second-order valence-corrected chi connectivity index (χ2v) is 7.75. The lowest BCUT2D eigenvalue weighted by atomic mass is 9.94. The van der Waals surface area contributed by atoms with E-state index in [0.717, 1.165) is 6.54 Å². The molecule has 2 aromatic carbocycles. The van der Waals surface area contributed by atoms with E-state index in [1.54, 1.807) is 30.9 Å². The second-order valence-electron chi connectivity index (χ2n) is 7.75. The van der Waals surface area contributed by atoms with Gasteiger partial charge >= 0.3 is 0 Å². The molecule has 1 aliphatic rings. The minimum atomic E-state index is -1.06. The summed E-state index contributed by atoms with van der Waals surface area (Å²) in [5.74, 6) is 5.95. The average molecular weight is 377 g/mol. The highest BCUT2D eigenvalue weighted by molar-refractivity contribution is 5.94. The predicted octanol–water partition coefficient (Wildman–Crippen LogP) is 2.35. The number of amides is 1. The van der Waals surface area contributed by atoms with Crippen LogP contribution in [-0.4, -0.2) is 41.7 Å². The number of carbonyl (C=O) groups excluding carboxylic acids is 1. The molecule has 2 unspecified atom stereocenters. The molecule has 2 aromatic rings. The van der Waals surface area contributed by atoms with Gasteiger partial charge in [0.15, 0.2) is 0 Å². The zero-order valence-electron chi connectivity index (χ0n) is 16.6. The van der Waals surface area contributed by atoms with E-state index in [1.807, 2.05) is 37.4 Å². The van der Waals surface area contributed by atoms with Crippen LogP contribution < -0.4 is 10.9 Å². The van der Waals surface area contributed by atoms with Crippen molar-refractivity contribution in [2.75, 3.05) is 20.1 Å². The Hall–Kier alpha value is -2.65. The van der Waals surface area contributed by atoms with Crippen LogP contribution in [0.15, 0.2) is 54.6 Å². The van der Waals surface area contributed by atoms with Gasteiger partial charge in [-0.2, -0.15) is 0 Å². The Balaban J connectivity index is 1.70. The smallest absolute Gasteiger partial charge is 0.253 e. The van der Waals surface area contributed by atoms with Crippen LogP contribution in [0, 0.1) is 17.8 Å². The lowest BCUT2D eigenvalue weighted by Crippen LogP contribution is -2.34. The Morgan fingerprint density at radius 2 is 1.96 bits per heavy atom. The maximum Gasteiger partial charge on any atom is 0.253 e. The van der Waals surface area contributed by atoms with Crippen molar-refractivity contribution in [2.24, 2.45) is 5.92 Å². The molecule has 1 saturated heterocycles. The summed E-state index contributed by atoms with van der Waals surface area (Å²) in [5.41, 5.74) is 7.99. The number of rotatable bonds is 4. The fraction of sp³-hybridized carbons (Fsp3) is 0.348. The number of hydrogen-bond donors (Lipinski definition) is 3. The van der Waals surface area contributed by atoms with Gasteiger partial charge in [-0.15, -0.1) is 0 Å². The van der Waals surface area contributed by atoms with Crippen molar-refractivity contribution in [3.8, 4) is 11.8 Å². The second kappa shape index (κ2) is 8.57. The first-order valence-electron chi connectivity index (χ1n) is 9.48. The van der Waals surface area contributed by atoms with Crippen molar-refractivity contribution >= 4 is 5.91 Å². The molecule has 1 amide bonds. The highest BCUT2D eigenvalue weighted by Gasteiger charge is 2.30. The van der Waals surface area contributed by atoms with Crippen molar-refractivity contribution in [1.29, 1.82) is 0 Å². The van der Waals surface area contributed by atoms with E-state index in [0.29, 0.717) is 17.7 Å². The SMILES string of the molecule is CN(CC1CNNC1c1ccccc1)C(=O)c1cccc(C#CC(C)(C)O)c1. The Morgan fingerprint density at radius 1 is 1.21 bits per heavy atom. The van der Waals surface area contributed by atoms with Crippen molar-refractivity contribution in [2.45, 2.75) is 25.5 Å². The molecule has 0 aliphatic carbocycles. The first-order chi connectivity index (χ1) is 13.3. The van der Waals surface area contributed by atoms with E-state index in [1.165, 1.54) is 5.56 Å². The van der Waals surface area contributed by atoms with Gasteiger partial charge in [0, 0.05) is 37.2 Å². The molecule has 5 nitrogen and oxygen atoms in total. The molecule has 0 saturated carbocycles. The summed E-state index contributed by atoms with van der Waals surface area (Å²) in [6.45, 7) is 4.71. The molecule has 5 heteroatoms. The third kappa shape index (κ3) is 5.20. The largest absolute Gasteiger partial charge is 0.378 e. The van der Waals surface area contributed by atoms with Crippen LogP contribution in [0.5, 0.6) is 0 Å². The molecule has 146 valence electrons. The Kier molecular flexibility index (Phi) is 6.15. The third-order valence-electron chi connectivity index (χ3n) is 4.73.